The van der Waals surface area contributed by atoms with Crippen molar-refractivity contribution in [2.75, 3.05) is 39.9 Å². The lowest BCUT2D eigenvalue weighted by atomic mass is 9.77. The summed E-state index contributed by atoms with van der Waals surface area (Å²) in [6.07, 6.45) is 7.73. The van der Waals surface area contributed by atoms with E-state index in [9.17, 15) is 4.79 Å². The fourth-order valence-electron chi connectivity index (χ4n) is 3.93. The number of amides is 1. The fraction of sp³-hybridized carbons (Fsp3) is 0.765. The zero-order valence-electron chi connectivity index (χ0n) is 14.0. The zero-order valence-corrected chi connectivity index (χ0v) is 14.0. The van der Waals surface area contributed by atoms with Gasteiger partial charge in [-0.3, -0.25) is 9.48 Å². The van der Waals surface area contributed by atoms with Gasteiger partial charge in [0.15, 0.2) is 0 Å². The first kappa shape index (κ1) is 16.5. The SMILES string of the molecule is COCC1(C(=O)N2CCC(Cn3cccn3)CC2)CCNCC1. The second-order valence-electron chi connectivity index (χ2n) is 6.93. The maximum absolute atomic E-state index is 13.1. The number of nitrogens with zero attached hydrogens (tertiary/aromatic N) is 3. The molecule has 0 atom stereocenters. The van der Waals surface area contributed by atoms with Crippen LogP contribution in [0.2, 0.25) is 0 Å². The minimum absolute atomic E-state index is 0.304. The van der Waals surface area contributed by atoms with E-state index in [2.05, 4.69) is 15.3 Å². The van der Waals surface area contributed by atoms with Gasteiger partial charge in [-0.05, 0) is 50.8 Å². The zero-order chi connectivity index (χ0) is 16.1. The Morgan fingerprint density at radius 3 is 2.70 bits per heavy atom. The highest BCUT2D eigenvalue weighted by Gasteiger charge is 2.42. The number of piperidine rings is 2. The number of ether oxygens (including phenoxy) is 1. The molecule has 0 radical (unpaired) electrons. The normalized spacial score (nSPS) is 22.2. The molecule has 1 aromatic rings. The van der Waals surface area contributed by atoms with Crippen molar-refractivity contribution in [3.8, 4) is 0 Å². The highest BCUT2D eigenvalue weighted by molar-refractivity contribution is 5.83. The molecule has 2 fully saturated rings. The average molecular weight is 320 g/mol. The molecule has 6 nitrogen and oxygen atoms in total. The molecule has 0 saturated carbocycles. The summed E-state index contributed by atoms with van der Waals surface area (Å²) in [5.74, 6) is 0.920. The molecule has 1 N–H and O–H groups in total. The number of methoxy groups -OCH3 is 1. The number of aromatic nitrogens is 2. The lowest BCUT2D eigenvalue weighted by Crippen LogP contribution is -2.53. The molecule has 0 aliphatic carbocycles. The Bertz CT molecular complexity index is 483. The molecule has 1 aromatic heterocycles. The summed E-state index contributed by atoms with van der Waals surface area (Å²) in [5.41, 5.74) is -0.311. The van der Waals surface area contributed by atoms with Crippen LogP contribution in [-0.4, -0.2) is 60.5 Å². The molecule has 6 heteroatoms. The van der Waals surface area contributed by atoms with Crippen LogP contribution in [0.1, 0.15) is 25.7 Å². The van der Waals surface area contributed by atoms with Gasteiger partial charge in [-0.15, -0.1) is 0 Å². The topological polar surface area (TPSA) is 59.4 Å². The van der Waals surface area contributed by atoms with E-state index in [0.29, 0.717) is 18.4 Å². The van der Waals surface area contributed by atoms with Gasteiger partial charge in [0.25, 0.3) is 0 Å². The Morgan fingerprint density at radius 2 is 2.09 bits per heavy atom. The average Bonchev–Trinajstić information content (AvgIpc) is 3.09. The van der Waals surface area contributed by atoms with E-state index in [1.807, 2.05) is 23.1 Å². The lowest BCUT2D eigenvalue weighted by Gasteiger charge is -2.42. The largest absolute Gasteiger partial charge is 0.384 e. The van der Waals surface area contributed by atoms with Crippen molar-refractivity contribution in [2.24, 2.45) is 11.3 Å². The Hall–Kier alpha value is -1.40. The van der Waals surface area contributed by atoms with Gasteiger partial charge < -0.3 is 15.0 Å². The summed E-state index contributed by atoms with van der Waals surface area (Å²) in [7, 11) is 1.70. The van der Waals surface area contributed by atoms with Crippen molar-refractivity contribution in [3.63, 3.8) is 0 Å². The second-order valence-corrected chi connectivity index (χ2v) is 6.93. The maximum Gasteiger partial charge on any atom is 0.231 e. The number of rotatable bonds is 5. The summed E-state index contributed by atoms with van der Waals surface area (Å²) in [6.45, 7) is 5.05. The number of carbonyl (C=O) groups excluding carboxylic acids is 1. The molecule has 3 heterocycles. The van der Waals surface area contributed by atoms with Gasteiger partial charge >= 0.3 is 0 Å². The highest BCUT2D eigenvalue weighted by Crippen LogP contribution is 2.33. The Balaban J connectivity index is 1.56. The third-order valence-corrected chi connectivity index (χ3v) is 5.34. The summed E-state index contributed by atoms with van der Waals surface area (Å²) < 4.78 is 7.40. The van der Waals surface area contributed by atoms with Gasteiger partial charge in [0.2, 0.25) is 5.91 Å². The first-order chi connectivity index (χ1) is 11.2. The number of nitrogens with one attached hydrogen (secondary N) is 1. The molecule has 23 heavy (non-hydrogen) atoms. The van der Waals surface area contributed by atoms with Crippen molar-refractivity contribution < 1.29 is 9.53 Å². The second kappa shape index (κ2) is 7.45. The smallest absolute Gasteiger partial charge is 0.231 e. The molecule has 2 saturated heterocycles. The lowest BCUT2D eigenvalue weighted by molar-refractivity contribution is -0.149. The van der Waals surface area contributed by atoms with E-state index in [4.69, 9.17) is 4.74 Å². The van der Waals surface area contributed by atoms with Crippen LogP contribution in [0.5, 0.6) is 0 Å². The van der Waals surface area contributed by atoms with E-state index in [1.165, 1.54) is 0 Å². The Morgan fingerprint density at radius 1 is 1.35 bits per heavy atom. The monoisotopic (exact) mass is 320 g/mol. The summed E-state index contributed by atoms with van der Waals surface area (Å²) in [4.78, 5) is 15.2. The maximum atomic E-state index is 13.1. The quantitative estimate of drug-likeness (QED) is 0.884. The first-order valence-corrected chi connectivity index (χ1v) is 8.70. The van der Waals surface area contributed by atoms with E-state index >= 15 is 0 Å². The molecule has 128 valence electrons. The van der Waals surface area contributed by atoms with Crippen LogP contribution in [-0.2, 0) is 16.1 Å². The molecule has 0 unspecified atom stereocenters. The van der Waals surface area contributed by atoms with Gasteiger partial charge in [-0.1, -0.05) is 0 Å². The molecule has 0 spiro atoms. The van der Waals surface area contributed by atoms with Crippen LogP contribution in [0.4, 0.5) is 0 Å². The van der Waals surface area contributed by atoms with Crippen LogP contribution >= 0.6 is 0 Å². The van der Waals surface area contributed by atoms with Gasteiger partial charge in [-0.25, -0.2) is 0 Å². The molecular formula is C17H28N4O2. The molecule has 0 bridgehead atoms. The predicted octanol–water partition coefficient (Wildman–Crippen LogP) is 1.14. The summed E-state index contributed by atoms with van der Waals surface area (Å²) in [5, 5.41) is 7.64. The van der Waals surface area contributed by atoms with E-state index in [1.54, 1.807) is 7.11 Å². The van der Waals surface area contributed by atoms with Crippen molar-refractivity contribution in [3.05, 3.63) is 18.5 Å². The van der Waals surface area contributed by atoms with E-state index < -0.39 is 0 Å². The predicted molar refractivity (Wildman–Crippen MR) is 87.9 cm³/mol. The minimum atomic E-state index is -0.311. The Labute approximate surface area is 138 Å². The third-order valence-electron chi connectivity index (χ3n) is 5.34. The number of likely N-dealkylation sites (tertiary alicyclic amines) is 1. The van der Waals surface area contributed by atoms with Crippen LogP contribution < -0.4 is 5.32 Å². The van der Waals surface area contributed by atoms with Gasteiger partial charge in [-0.2, -0.15) is 5.10 Å². The van der Waals surface area contributed by atoms with Crippen LogP contribution in [0, 0.1) is 11.3 Å². The first-order valence-electron chi connectivity index (χ1n) is 8.70. The number of hydrogen-bond acceptors (Lipinski definition) is 4. The molecule has 1 amide bonds. The van der Waals surface area contributed by atoms with Crippen LogP contribution in [0.15, 0.2) is 18.5 Å². The van der Waals surface area contributed by atoms with Gasteiger partial charge in [0, 0.05) is 39.1 Å². The number of carbonyl (C=O) groups is 1. The van der Waals surface area contributed by atoms with Crippen molar-refractivity contribution in [2.45, 2.75) is 32.2 Å². The van der Waals surface area contributed by atoms with Crippen LogP contribution in [0.3, 0.4) is 0 Å². The minimum Gasteiger partial charge on any atom is -0.384 e. The Kier molecular flexibility index (Phi) is 5.33. The van der Waals surface area contributed by atoms with Crippen molar-refractivity contribution in [1.82, 2.24) is 20.0 Å². The number of hydrogen-bond donors (Lipinski definition) is 1. The standard InChI is InChI=1S/C17H28N4O2/c1-23-14-17(5-8-18-9-6-17)16(22)20-11-3-15(4-12-20)13-21-10-2-7-19-21/h2,7,10,15,18H,3-6,8-9,11-14H2,1H3. The van der Waals surface area contributed by atoms with Crippen molar-refractivity contribution >= 4 is 5.91 Å². The molecule has 2 aliphatic rings. The summed E-state index contributed by atoms with van der Waals surface area (Å²) in [6, 6.07) is 1.96. The van der Waals surface area contributed by atoms with Crippen LogP contribution in [0.25, 0.3) is 0 Å². The molecule has 2 aliphatic heterocycles. The molecule has 0 aromatic carbocycles. The highest BCUT2D eigenvalue weighted by atomic mass is 16.5. The molecule has 3 rings (SSSR count). The third kappa shape index (κ3) is 3.75. The van der Waals surface area contributed by atoms with E-state index in [-0.39, 0.29) is 5.41 Å². The van der Waals surface area contributed by atoms with Gasteiger partial charge in [0.1, 0.15) is 0 Å². The van der Waals surface area contributed by atoms with Gasteiger partial charge in [0.05, 0.1) is 12.0 Å². The molecular weight excluding hydrogens is 292 g/mol. The summed E-state index contributed by atoms with van der Waals surface area (Å²) >= 11 is 0. The van der Waals surface area contributed by atoms with Crippen molar-refractivity contribution in [1.29, 1.82) is 0 Å². The fourth-order valence-corrected chi connectivity index (χ4v) is 3.93. The van der Waals surface area contributed by atoms with E-state index in [0.717, 1.165) is 58.4 Å².